The standard InChI is InChI=1S/C19H24N6OS/c26-17(12-15-6-5-11-27-15)20-7-10-25-19-16(13-23-25)18(21-14-22-19)24-8-3-1-2-4-9-24/h5-6,11,13-14H,1-4,7-10,12H2,(H,20,26). The Bertz CT molecular complexity index is 883. The first-order chi connectivity index (χ1) is 13.3. The Labute approximate surface area is 162 Å². The maximum absolute atomic E-state index is 12.0. The van der Waals surface area contributed by atoms with Gasteiger partial charge in [0.05, 0.1) is 24.5 Å². The van der Waals surface area contributed by atoms with Crippen LogP contribution in [0.1, 0.15) is 30.6 Å². The molecule has 1 N–H and O–H groups in total. The zero-order chi connectivity index (χ0) is 18.5. The maximum atomic E-state index is 12.0. The molecule has 4 heterocycles. The first kappa shape index (κ1) is 17.9. The zero-order valence-corrected chi connectivity index (χ0v) is 16.1. The molecule has 0 bridgehead atoms. The van der Waals surface area contributed by atoms with Gasteiger partial charge in [-0.1, -0.05) is 18.9 Å². The van der Waals surface area contributed by atoms with Gasteiger partial charge in [0.2, 0.25) is 5.91 Å². The topological polar surface area (TPSA) is 75.9 Å². The minimum Gasteiger partial charge on any atom is -0.356 e. The fraction of sp³-hybridized carbons (Fsp3) is 0.474. The van der Waals surface area contributed by atoms with Crippen LogP contribution in [0.2, 0.25) is 0 Å². The smallest absolute Gasteiger partial charge is 0.225 e. The number of amides is 1. The van der Waals surface area contributed by atoms with E-state index >= 15 is 0 Å². The highest BCUT2D eigenvalue weighted by atomic mass is 32.1. The third kappa shape index (κ3) is 4.27. The molecule has 1 fully saturated rings. The quantitative estimate of drug-likeness (QED) is 0.707. The first-order valence-electron chi connectivity index (χ1n) is 9.52. The van der Waals surface area contributed by atoms with Gasteiger partial charge in [-0.15, -0.1) is 11.3 Å². The van der Waals surface area contributed by atoms with Crippen LogP contribution in [0.5, 0.6) is 0 Å². The maximum Gasteiger partial charge on any atom is 0.225 e. The molecule has 3 aromatic heterocycles. The van der Waals surface area contributed by atoms with Crippen molar-refractivity contribution in [2.24, 2.45) is 0 Å². The summed E-state index contributed by atoms with van der Waals surface area (Å²) in [5.74, 6) is 1.02. The Morgan fingerprint density at radius 2 is 2.04 bits per heavy atom. The number of nitrogens with zero attached hydrogens (tertiary/aromatic N) is 5. The van der Waals surface area contributed by atoms with E-state index in [-0.39, 0.29) is 5.91 Å². The molecule has 4 rings (SSSR count). The average Bonchev–Trinajstić information content (AvgIpc) is 3.24. The number of aromatic nitrogens is 4. The van der Waals surface area contributed by atoms with Crippen LogP contribution in [-0.4, -0.2) is 45.3 Å². The van der Waals surface area contributed by atoms with Gasteiger partial charge in [0.15, 0.2) is 5.65 Å². The van der Waals surface area contributed by atoms with Crippen LogP contribution in [0.15, 0.2) is 30.0 Å². The van der Waals surface area contributed by atoms with E-state index in [1.165, 1.54) is 25.7 Å². The summed E-state index contributed by atoms with van der Waals surface area (Å²) in [6.45, 7) is 3.20. The second-order valence-corrected chi connectivity index (χ2v) is 7.84. The molecule has 1 aliphatic rings. The van der Waals surface area contributed by atoms with Gasteiger partial charge >= 0.3 is 0 Å². The van der Waals surface area contributed by atoms with Crippen molar-refractivity contribution >= 4 is 34.1 Å². The predicted molar refractivity (Wildman–Crippen MR) is 107 cm³/mol. The van der Waals surface area contributed by atoms with Gasteiger partial charge in [-0.2, -0.15) is 5.10 Å². The van der Waals surface area contributed by atoms with Crippen LogP contribution >= 0.6 is 11.3 Å². The van der Waals surface area contributed by atoms with Crippen molar-refractivity contribution in [2.75, 3.05) is 24.5 Å². The SMILES string of the molecule is O=C(Cc1cccs1)NCCn1ncc2c(N3CCCCCC3)ncnc21. The fourth-order valence-electron chi connectivity index (χ4n) is 3.51. The average molecular weight is 385 g/mol. The fourth-order valence-corrected chi connectivity index (χ4v) is 4.22. The van der Waals surface area contributed by atoms with Gasteiger partial charge in [0.1, 0.15) is 12.1 Å². The number of carbonyl (C=O) groups is 1. The van der Waals surface area contributed by atoms with E-state index in [0.29, 0.717) is 19.5 Å². The van der Waals surface area contributed by atoms with Crippen LogP contribution in [-0.2, 0) is 17.8 Å². The monoisotopic (exact) mass is 384 g/mol. The summed E-state index contributed by atoms with van der Waals surface area (Å²) in [7, 11) is 0. The van der Waals surface area contributed by atoms with E-state index in [1.54, 1.807) is 17.7 Å². The van der Waals surface area contributed by atoms with Crippen LogP contribution < -0.4 is 10.2 Å². The molecule has 0 atom stereocenters. The lowest BCUT2D eigenvalue weighted by Crippen LogP contribution is -2.28. The third-order valence-electron chi connectivity index (χ3n) is 4.88. The Morgan fingerprint density at radius 1 is 1.19 bits per heavy atom. The molecule has 8 heteroatoms. The molecule has 0 saturated carbocycles. The van der Waals surface area contributed by atoms with Crippen LogP contribution in [0, 0.1) is 0 Å². The van der Waals surface area contributed by atoms with Crippen molar-refractivity contribution in [2.45, 2.75) is 38.6 Å². The molecule has 27 heavy (non-hydrogen) atoms. The van der Waals surface area contributed by atoms with Gasteiger partial charge in [-0.25, -0.2) is 14.6 Å². The molecular weight excluding hydrogens is 360 g/mol. The van der Waals surface area contributed by atoms with Crippen LogP contribution in [0.4, 0.5) is 5.82 Å². The van der Waals surface area contributed by atoms with Crippen LogP contribution in [0.25, 0.3) is 11.0 Å². The summed E-state index contributed by atoms with van der Waals surface area (Å²) in [5, 5.41) is 10.4. The van der Waals surface area contributed by atoms with Gasteiger partial charge in [0, 0.05) is 24.5 Å². The predicted octanol–water partition coefficient (Wildman–Crippen LogP) is 2.63. The molecule has 0 spiro atoms. The minimum absolute atomic E-state index is 0.0359. The molecule has 1 amide bonds. The number of hydrogen-bond donors (Lipinski definition) is 1. The lowest BCUT2D eigenvalue weighted by atomic mass is 10.2. The first-order valence-corrected chi connectivity index (χ1v) is 10.4. The molecule has 0 aliphatic carbocycles. The molecule has 0 radical (unpaired) electrons. The van der Waals surface area contributed by atoms with E-state index in [1.807, 2.05) is 28.4 Å². The Hall–Kier alpha value is -2.48. The minimum atomic E-state index is 0.0359. The molecule has 142 valence electrons. The van der Waals surface area contributed by atoms with Crippen molar-refractivity contribution in [1.82, 2.24) is 25.1 Å². The third-order valence-corrected chi connectivity index (χ3v) is 5.76. The second kappa shape index (κ2) is 8.47. The lowest BCUT2D eigenvalue weighted by molar-refractivity contribution is -0.120. The highest BCUT2D eigenvalue weighted by molar-refractivity contribution is 7.10. The van der Waals surface area contributed by atoms with Crippen LogP contribution in [0.3, 0.4) is 0 Å². The molecule has 3 aromatic rings. The van der Waals surface area contributed by atoms with Gasteiger partial charge in [-0.3, -0.25) is 4.79 Å². The number of nitrogens with one attached hydrogen (secondary N) is 1. The highest BCUT2D eigenvalue weighted by Crippen LogP contribution is 2.25. The summed E-state index contributed by atoms with van der Waals surface area (Å²) >= 11 is 1.60. The Kier molecular flexibility index (Phi) is 5.62. The molecule has 1 aliphatic heterocycles. The molecule has 1 saturated heterocycles. The summed E-state index contributed by atoms with van der Waals surface area (Å²) in [6.07, 6.45) is 8.88. The Balaban J connectivity index is 1.41. The van der Waals surface area contributed by atoms with E-state index in [4.69, 9.17) is 0 Å². The van der Waals surface area contributed by atoms with Gasteiger partial charge in [-0.05, 0) is 24.3 Å². The number of thiophene rings is 1. The normalized spacial score (nSPS) is 15.0. The summed E-state index contributed by atoms with van der Waals surface area (Å²) < 4.78 is 1.85. The van der Waals surface area contributed by atoms with E-state index in [0.717, 1.165) is 34.8 Å². The van der Waals surface area contributed by atoms with Crippen molar-refractivity contribution < 1.29 is 4.79 Å². The Morgan fingerprint density at radius 3 is 2.81 bits per heavy atom. The number of anilines is 1. The number of fused-ring (bicyclic) bond motifs is 1. The van der Waals surface area contributed by atoms with Crippen molar-refractivity contribution in [3.05, 3.63) is 34.9 Å². The van der Waals surface area contributed by atoms with Gasteiger partial charge < -0.3 is 10.2 Å². The van der Waals surface area contributed by atoms with E-state index < -0.39 is 0 Å². The summed E-state index contributed by atoms with van der Waals surface area (Å²) in [4.78, 5) is 24.4. The van der Waals surface area contributed by atoms with E-state index in [2.05, 4.69) is 25.3 Å². The van der Waals surface area contributed by atoms with Crippen molar-refractivity contribution in [3.63, 3.8) is 0 Å². The van der Waals surface area contributed by atoms with Crippen molar-refractivity contribution in [1.29, 1.82) is 0 Å². The molecule has 7 nitrogen and oxygen atoms in total. The second-order valence-electron chi connectivity index (χ2n) is 6.81. The molecule has 0 aromatic carbocycles. The van der Waals surface area contributed by atoms with Gasteiger partial charge in [0.25, 0.3) is 0 Å². The van der Waals surface area contributed by atoms with E-state index in [9.17, 15) is 4.79 Å². The zero-order valence-electron chi connectivity index (χ0n) is 15.3. The summed E-state index contributed by atoms with van der Waals surface area (Å²) in [5.41, 5.74) is 0.830. The van der Waals surface area contributed by atoms with Crippen molar-refractivity contribution in [3.8, 4) is 0 Å². The summed E-state index contributed by atoms with van der Waals surface area (Å²) in [6, 6.07) is 3.94. The number of rotatable bonds is 6. The number of carbonyl (C=O) groups excluding carboxylic acids is 1. The lowest BCUT2D eigenvalue weighted by Gasteiger charge is -2.21. The number of hydrogen-bond acceptors (Lipinski definition) is 6. The highest BCUT2D eigenvalue weighted by Gasteiger charge is 2.17. The largest absolute Gasteiger partial charge is 0.356 e. The molecular formula is C19H24N6OS. The molecule has 0 unspecified atom stereocenters.